The fraction of sp³-hybridized carbons (Fsp3) is 1.00. The molecule has 14 heavy (non-hydrogen) atoms. The van der Waals surface area contributed by atoms with Gasteiger partial charge in [0.05, 0.1) is 10.5 Å². The molecule has 0 radical (unpaired) electrons. The van der Waals surface area contributed by atoms with Crippen LogP contribution in [0.4, 0.5) is 0 Å². The normalized spacial score (nSPS) is 40.8. The SMILES string of the molecule is O=S1(=O)C2CCCC1CC(CCBr)C2. The Morgan fingerprint density at radius 3 is 2.21 bits per heavy atom. The highest BCUT2D eigenvalue weighted by Gasteiger charge is 2.43. The van der Waals surface area contributed by atoms with Crippen molar-refractivity contribution in [1.82, 2.24) is 0 Å². The molecule has 2 heterocycles. The summed E-state index contributed by atoms with van der Waals surface area (Å²) >= 11 is 3.44. The predicted molar refractivity (Wildman–Crippen MR) is 61.5 cm³/mol. The van der Waals surface area contributed by atoms with E-state index in [0.717, 1.165) is 43.9 Å². The minimum absolute atomic E-state index is 0.000880. The fourth-order valence-electron chi connectivity index (χ4n) is 2.91. The molecule has 2 nitrogen and oxygen atoms in total. The summed E-state index contributed by atoms with van der Waals surface area (Å²) in [7, 11) is -2.73. The largest absolute Gasteiger partial charge is 0.228 e. The lowest BCUT2D eigenvalue weighted by Crippen LogP contribution is -2.43. The molecule has 2 bridgehead atoms. The van der Waals surface area contributed by atoms with Crippen LogP contribution in [0.3, 0.4) is 0 Å². The van der Waals surface area contributed by atoms with Crippen LogP contribution in [0.2, 0.25) is 0 Å². The van der Waals surface area contributed by atoms with E-state index in [1.54, 1.807) is 0 Å². The summed E-state index contributed by atoms with van der Waals surface area (Å²) in [5.41, 5.74) is 0. The van der Waals surface area contributed by atoms with Crippen LogP contribution in [0.25, 0.3) is 0 Å². The maximum Gasteiger partial charge on any atom is 0.156 e. The number of sulfone groups is 1. The van der Waals surface area contributed by atoms with Gasteiger partial charge in [-0.1, -0.05) is 22.4 Å². The molecular formula is C10H17BrO2S. The van der Waals surface area contributed by atoms with E-state index in [2.05, 4.69) is 15.9 Å². The molecular weight excluding hydrogens is 264 g/mol. The minimum Gasteiger partial charge on any atom is -0.228 e. The van der Waals surface area contributed by atoms with E-state index in [1.807, 2.05) is 0 Å². The Bertz CT molecular complexity index is 279. The molecule has 2 aliphatic heterocycles. The molecule has 2 aliphatic rings. The number of halogens is 1. The number of rotatable bonds is 2. The van der Waals surface area contributed by atoms with Gasteiger partial charge >= 0.3 is 0 Å². The van der Waals surface area contributed by atoms with Gasteiger partial charge in [0.2, 0.25) is 0 Å². The number of hydrogen-bond acceptors (Lipinski definition) is 2. The molecule has 0 amide bonds. The summed E-state index contributed by atoms with van der Waals surface area (Å²) in [6.07, 6.45) is 5.93. The van der Waals surface area contributed by atoms with Crippen LogP contribution in [0.15, 0.2) is 0 Å². The van der Waals surface area contributed by atoms with Gasteiger partial charge in [0, 0.05) is 5.33 Å². The summed E-state index contributed by atoms with van der Waals surface area (Å²) in [4.78, 5) is 0. The Labute approximate surface area is 94.5 Å². The standard InChI is InChI=1S/C10H17BrO2S/c11-5-4-8-6-9-2-1-3-10(7-8)14(9,12)13/h8-10H,1-7H2. The van der Waals surface area contributed by atoms with Crippen LogP contribution in [0.1, 0.15) is 38.5 Å². The zero-order valence-electron chi connectivity index (χ0n) is 8.28. The lowest BCUT2D eigenvalue weighted by atomic mass is 9.88. The molecule has 2 atom stereocenters. The fourth-order valence-corrected chi connectivity index (χ4v) is 6.17. The van der Waals surface area contributed by atoms with Gasteiger partial charge < -0.3 is 0 Å². The van der Waals surface area contributed by atoms with Crippen LogP contribution in [-0.2, 0) is 9.84 Å². The molecule has 2 rings (SSSR count). The van der Waals surface area contributed by atoms with Crippen molar-refractivity contribution in [2.24, 2.45) is 5.92 Å². The second-order valence-electron chi connectivity index (χ2n) is 4.58. The second-order valence-corrected chi connectivity index (χ2v) is 7.88. The summed E-state index contributed by atoms with van der Waals surface area (Å²) in [6, 6.07) is 0. The van der Waals surface area contributed by atoms with Gasteiger partial charge in [-0.25, -0.2) is 8.42 Å². The molecule has 4 heteroatoms. The van der Waals surface area contributed by atoms with Crippen molar-refractivity contribution in [3.8, 4) is 0 Å². The van der Waals surface area contributed by atoms with Crippen molar-refractivity contribution in [3.63, 3.8) is 0 Å². The maximum atomic E-state index is 11.9. The summed E-state index contributed by atoms with van der Waals surface area (Å²) in [5.74, 6) is 0.646. The maximum absolute atomic E-state index is 11.9. The van der Waals surface area contributed by atoms with Crippen molar-refractivity contribution in [3.05, 3.63) is 0 Å². The van der Waals surface area contributed by atoms with Crippen molar-refractivity contribution in [2.75, 3.05) is 5.33 Å². The average Bonchev–Trinajstić information content (AvgIpc) is 2.06. The van der Waals surface area contributed by atoms with Crippen molar-refractivity contribution >= 4 is 25.8 Å². The molecule has 0 N–H and O–H groups in total. The third-order valence-corrected chi connectivity index (χ3v) is 6.86. The van der Waals surface area contributed by atoms with E-state index in [-0.39, 0.29) is 10.5 Å². The molecule has 82 valence electrons. The molecule has 0 saturated carbocycles. The smallest absolute Gasteiger partial charge is 0.156 e. The van der Waals surface area contributed by atoms with E-state index in [0.29, 0.717) is 5.92 Å². The first kappa shape index (κ1) is 10.9. The first-order chi connectivity index (χ1) is 6.64. The molecule has 2 saturated heterocycles. The quantitative estimate of drug-likeness (QED) is 0.729. The predicted octanol–water partition coefficient (Wildman–Crippen LogP) is 2.52. The van der Waals surface area contributed by atoms with Crippen molar-refractivity contribution < 1.29 is 8.42 Å². The molecule has 2 unspecified atom stereocenters. The summed E-state index contributed by atoms with van der Waals surface area (Å²) in [5, 5.41) is 1.01. The molecule has 2 fully saturated rings. The van der Waals surface area contributed by atoms with Gasteiger partial charge in [-0.2, -0.15) is 0 Å². The second kappa shape index (κ2) is 4.12. The van der Waals surface area contributed by atoms with Gasteiger partial charge in [0.25, 0.3) is 0 Å². The monoisotopic (exact) mass is 280 g/mol. The highest BCUT2D eigenvalue weighted by molar-refractivity contribution is 9.09. The zero-order chi connectivity index (χ0) is 10.2. The summed E-state index contributed by atoms with van der Waals surface area (Å²) in [6.45, 7) is 0. The number of alkyl halides is 1. The summed E-state index contributed by atoms with van der Waals surface area (Å²) < 4.78 is 23.9. The topological polar surface area (TPSA) is 34.1 Å². The van der Waals surface area contributed by atoms with E-state index in [1.165, 1.54) is 0 Å². The van der Waals surface area contributed by atoms with Crippen LogP contribution in [0.5, 0.6) is 0 Å². The first-order valence-corrected chi connectivity index (χ1v) is 8.16. The Hall–Kier alpha value is 0.430. The lowest BCUT2D eigenvalue weighted by molar-refractivity contribution is 0.337. The van der Waals surface area contributed by atoms with Gasteiger partial charge in [0.1, 0.15) is 0 Å². The third kappa shape index (κ3) is 1.87. The Balaban J connectivity index is 2.13. The van der Waals surface area contributed by atoms with E-state index in [9.17, 15) is 8.42 Å². The molecule has 0 aromatic carbocycles. The average molecular weight is 281 g/mol. The number of fused-ring (bicyclic) bond motifs is 2. The number of hydrogen-bond donors (Lipinski definition) is 0. The highest BCUT2D eigenvalue weighted by atomic mass is 79.9. The minimum atomic E-state index is -2.73. The van der Waals surface area contributed by atoms with Gasteiger partial charge in [0.15, 0.2) is 9.84 Å². The molecule has 0 aromatic rings. The molecule has 0 spiro atoms. The molecule has 0 aliphatic carbocycles. The Morgan fingerprint density at radius 2 is 1.71 bits per heavy atom. The highest BCUT2D eigenvalue weighted by Crippen LogP contribution is 2.40. The molecule has 0 aromatic heterocycles. The Morgan fingerprint density at radius 1 is 1.14 bits per heavy atom. The van der Waals surface area contributed by atoms with Crippen LogP contribution >= 0.6 is 15.9 Å². The zero-order valence-corrected chi connectivity index (χ0v) is 10.7. The Kier molecular flexibility index (Phi) is 3.22. The van der Waals surface area contributed by atoms with Crippen molar-refractivity contribution in [2.45, 2.75) is 49.0 Å². The van der Waals surface area contributed by atoms with Crippen LogP contribution < -0.4 is 0 Å². The van der Waals surface area contributed by atoms with Gasteiger partial charge in [-0.3, -0.25) is 0 Å². The van der Waals surface area contributed by atoms with E-state index in [4.69, 9.17) is 0 Å². The van der Waals surface area contributed by atoms with E-state index >= 15 is 0 Å². The lowest BCUT2D eigenvalue weighted by Gasteiger charge is -2.38. The van der Waals surface area contributed by atoms with Crippen LogP contribution in [-0.4, -0.2) is 24.2 Å². The van der Waals surface area contributed by atoms with Crippen molar-refractivity contribution in [1.29, 1.82) is 0 Å². The third-order valence-electron chi connectivity index (χ3n) is 3.69. The van der Waals surface area contributed by atoms with Gasteiger partial charge in [-0.15, -0.1) is 0 Å². The van der Waals surface area contributed by atoms with Gasteiger partial charge in [-0.05, 0) is 38.0 Å². The van der Waals surface area contributed by atoms with Crippen LogP contribution in [0, 0.1) is 5.92 Å². The van der Waals surface area contributed by atoms with E-state index < -0.39 is 9.84 Å². The first-order valence-electron chi connectivity index (χ1n) is 5.43.